The number of nitrogens with zero attached hydrogens (tertiary/aromatic N) is 3. The van der Waals surface area contributed by atoms with Crippen LogP contribution in [0.1, 0.15) is 40.6 Å². The molecule has 0 spiro atoms. The predicted molar refractivity (Wildman–Crippen MR) is 78.4 cm³/mol. The molecule has 1 aromatic rings. The van der Waals surface area contributed by atoms with Crippen LogP contribution in [0.25, 0.3) is 0 Å². The summed E-state index contributed by atoms with van der Waals surface area (Å²) in [5.41, 5.74) is 0.297. The van der Waals surface area contributed by atoms with Crippen LogP contribution in [0.3, 0.4) is 0 Å². The summed E-state index contributed by atoms with van der Waals surface area (Å²) < 4.78 is 0. The molecule has 1 unspecified atom stereocenters. The summed E-state index contributed by atoms with van der Waals surface area (Å²) in [6.07, 6.45) is 3.18. The Bertz CT molecular complexity index is 533. The smallest absolute Gasteiger partial charge is 0.354 e. The van der Waals surface area contributed by atoms with Crippen molar-refractivity contribution in [3.63, 3.8) is 0 Å². The molecule has 114 valence electrons. The lowest BCUT2D eigenvalue weighted by Gasteiger charge is -2.30. The van der Waals surface area contributed by atoms with Crippen LogP contribution in [0, 0.1) is 0 Å². The maximum atomic E-state index is 12.7. The monoisotopic (exact) mass is 291 g/mol. The minimum atomic E-state index is -1.12. The zero-order valence-electron chi connectivity index (χ0n) is 12.5. The quantitative estimate of drug-likeness (QED) is 0.909. The largest absolute Gasteiger partial charge is 0.477 e. The van der Waals surface area contributed by atoms with Gasteiger partial charge in [-0.1, -0.05) is 6.92 Å². The van der Waals surface area contributed by atoms with Gasteiger partial charge in [0, 0.05) is 30.9 Å². The maximum Gasteiger partial charge on any atom is 0.354 e. The van der Waals surface area contributed by atoms with E-state index in [1.807, 2.05) is 4.90 Å². The van der Waals surface area contributed by atoms with Crippen molar-refractivity contribution in [3.05, 3.63) is 29.6 Å². The van der Waals surface area contributed by atoms with Gasteiger partial charge in [0.2, 0.25) is 0 Å². The van der Waals surface area contributed by atoms with Crippen LogP contribution >= 0.6 is 0 Å². The van der Waals surface area contributed by atoms with E-state index in [0.29, 0.717) is 12.1 Å². The number of aromatic carboxylic acids is 1. The minimum Gasteiger partial charge on any atom is -0.477 e. The van der Waals surface area contributed by atoms with Crippen molar-refractivity contribution < 1.29 is 14.7 Å². The SMILES string of the molecule is CCC1CN(C)CCCN1C(=O)c1ccnc(C(=O)O)c1. The second-order valence-corrected chi connectivity index (χ2v) is 5.41. The fraction of sp³-hybridized carbons (Fsp3) is 0.533. The van der Waals surface area contributed by atoms with E-state index in [1.54, 1.807) is 6.07 Å². The van der Waals surface area contributed by atoms with E-state index < -0.39 is 5.97 Å². The van der Waals surface area contributed by atoms with Gasteiger partial charge in [0.05, 0.1) is 0 Å². The molecule has 6 heteroatoms. The van der Waals surface area contributed by atoms with E-state index in [2.05, 4.69) is 23.9 Å². The Kier molecular flexibility index (Phi) is 4.90. The van der Waals surface area contributed by atoms with E-state index in [1.165, 1.54) is 12.3 Å². The molecule has 1 aromatic heterocycles. The third kappa shape index (κ3) is 3.58. The first-order valence-corrected chi connectivity index (χ1v) is 7.21. The fourth-order valence-corrected chi connectivity index (χ4v) is 2.71. The molecule has 0 radical (unpaired) electrons. The van der Waals surface area contributed by atoms with Crippen molar-refractivity contribution in [1.82, 2.24) is 14.8 Å². The molecule has 1 amide bonds. The molecule has 0 aliphatic carbocycles. The van der Waals surface area contributed by atoms with Crippen molar-refractivity contribution in [1.29, 1.82) is 0 Å². The van der Waals surface area contributed by atoms with Gasteiger partial charge in [-0.25, -0.2) is 9.78 Å². The Morgan fingerprint density at radius 3 is 2.86 bits per heavy atom. The molecule has 1 saturated heterocycles. The van der Waals surface area contributed by atoms with Crippen molar-refractivity contribution in [2.75, 3.05) is 26.7 Å². The number of pyridine rings is 1. The summed E-state index contributed by atoms with van der Waals surface area (Å²) in [6, 6.07) is 3.09. The zero-order valence-corrected chi connectivity index (χ0v) is 12.5. The van der Waals surface area contributed by atoms with Crippen molar-refractivity contribution in [2.24, 2.45) is 0 Å². The van der Waals surface area contributed by atoms with Gasteiger partial charge in [-0.15, -0.1) is 0 Å². The molecule has 1 aliphatic heterocycles. The van der Waals surface area contributed by atoms with Gasteiger partial charge in [-0.3, -0.25) is 4.79 Å². The van der Waals surface area contributed by atoms with Gasteiger partial charge in [-0.05, 0) is 38.6 Å². The van der Waals surface area contributed by atoms with Crippen LogP contribution in [0.5, 0.6) is 0 Å². The molecule has 6 nitrogen and oxygen atoms in total. The normalized spacial score (nSPS) is 20.1. The van der Waals surface area contributed by atoms with Crippen molar-refractivity contribution in [3.8, 4) is 0 Å². The third-order valence-corrected chi connectivity index (χ3v) is 3.86. The van der Waals surface area contributed by atoms with Crippen LogP contribution in [-0.4, -0.2) is 64.5 Å². The highest BCUT2D eigenvalue weighted by Crippen LogP contribution is 2.16. The van der Waals surface area contributed by atoms with Crippen LogP contribution < -0.4 is 0 Å². The standard InChI is InChI=1S/C15H21N3O3/c1-3-12-10-17(2)7-4-8-18(12)14(19)11-5-6-16-13(9-11)15(20)21/h5-6,9,12H,3-4,7-8,10H2,1-2H3,(H,20,21). The first kappa shape index (κ1) is 15.4. The number of carboxylic acids is 1. The lowest BCUT2D eigenvalue weighted by atomic mass is 10.1. The van der Waals surface area contributed by atoms with E-state index in [4.69, 9.17) is 5.11 Å². The molecule has 21 heavy (non-hydrogen) atoms. The number of aromatic nitrogens is 1. The topological polar surface area (TPSA) is 73.7 Å². The van der Waals surface area contributed by atoms with Crippen LogP contribution in [0.2, 0.25) is 0 Å². The number of rotatable bonds is 3. The van der Waals surface area contributed by atoms with E-state index in [0.717, 1.165) is 25.9 Å². The van der Waals surface area contributed by atoms with Crippen LogP contribution in [0.15, 0.2) is 18.3 Å². The van der Waals surface area contributed by atoms with Crippen LogP contribution in [-0.2, 0) is 0 Å². The second kappa shape index (κ2) is 6.67. The highest BCUT2D eigenvalue weighted by atomic mass is 16.4. The summed E-state index contributed by atoms with van der Waals surface area (Å²) in [4.78, 5) is 31.5. The molecule has 1 atom stereocenters. The van der Waals surface area contributed by atoms with Crippen LogP contribution in [0.4, 0.5) is 0 Å². The van der Waals surface area contributed by atoms with E-state index in [-0.39, 0.29) is 17.6 Å². The summed E-state index contributed by atoms with van der Waals surface area (Å²) >= 11 is 0. The maximum absolute atomic E-state index is 12.7. The number of likely N-dealkylation sites (N-methyl/N-ethyl adjacent to an activating group) is 1. The lowest BCUT2D eigenvalue weighted by Crippen LogP contribution is -2.43. The van der Waals surface area contributed by atoms with E-state index >= 15 is 0 Å². The number of carbonyl (C=O) groups excluding carboxylic acids is 1. The summed E-state index contributed by atoms with van der Waals surface area (Å²) in [5.74, 6) is -1.23. The van der Waals surface area contributed by atoms with Crippen molar-refractivity contribution in [2.45, 2.75) is 25.8 Å². The van der Waals surface area contributed by atoms with Gasteiger partial charge < -0.3 is 14.9 Å². The Morgan fingerprint density at radius 1 is 1.43 bits per heavy atom. The molecule has 1 N–H and O–H groups in total. The average molecular weight is 291 g/mol. The van der Waals surface area contributed by atoms with Gasteiger partial charge in [0.25, 0.3) is 5.91 Å². The third-order valence-electron chi connectivity index (χ3n) is 3.86. The number of hydrogen-bond acceptors (Lipinski definition) is 4. The Balaban J connectivity index is 2.24. The van der Waals surface area contributed by atoms with Gasteiger partial charge >= 0.3 is 5.97 Å². The number of amides is 1. The first-order chi connectivity index (χ1) is 10.0. The predicted octanol–water partition coefficient (Wildman–Crippen LogP) is 1.34. The Morgan fingerprint density at radius 2 is 2.19 bits per heavy atom. The zero-order chi connectivity index (χ0) is 15.4. The molecule has 2 rings (SSSR count). The fourth-order valence-electron chi connectivity index (χ4n) is 2.71. The molecule has 1 fully saturated rings. The highest BCUT2D eigenvalue weighted by Gasteiger charge is 2.27. The lowest BCUT2D eigenvalue weighted by molar-refractivity contribution is 0.0675. The Hall–Kier alpha value is -1.95. The van der Waals surface area contributed by atoms with Gasteiger partial charge in [0.1, 0.15) is 5.69 Å². The molecule has 0 aromatic carbocycles. The second-order valence-electron chi connectivity index (χ2n) is 5.41. The Labute approximate surface area is 124 Å². The van der Waals surface area contributed by atoms with Crippen molar-refractivity contribution >= 4 is 11.9 Å². The molecule has 1 aliphatic rings. The number of carbonyl (C=O) groups is 2. The highest BCUT2D eigenvalue weighted by molar-refractivity contribution is 5.96. The van der Waals surface area contributed by atoms with Gasteiger partial charge in [0.15, 0.2) is 0 Å². The average Bonchev–Trinajstić information content (AvgIpc) is 2.67. The summed E-state index contributed by atoms with van der Waals surface area (Å²) in [5, 5.41) is 8.99. The summed E-state index contributed by atoms with van der Waals surface area (Å²) in [6.45, 7) is 4.59. The van der Waals surface area contributed by atoms with E-state index in [9.17, 15) is 9.59 Å². The first-order valence-electron chi connectivity index (χ1n) is 7.21. The minimum absolute atomic E-state index is 0.0964. The molecular formula is C15H21N3O3. The molecule has 0 saturated carbocycles. The molecule has 0 bridgehead atoms. The number of carboxylic acid groups (broad SMARTS) is 1. The molecular weight excluding hydrogens is 270 g/mol. The van der Waals surface area contributed by atoms with Gasteiger partial charge in [-0.2, -0.15) is 0 Å². The summed E-state index contributed by atoms with van der Waals surface area (Å²) in [7, 11) is 2.06. The number of hydrogen-bond donors (Lipinski definition) is 1. The molecule has 2 heterocycles.